The van der Waals surface area contributed by atoms with Crippen LogP contribution in [0, 0.1) is 5.41 Å². The minimum Gasteiger partial charge on any atom is -0.322 e. The van der Waals surface area contributed by atoms with Gasteiger partial charge in [-0.15, -0.1) is 11.3 Å². The van der Waals surface area contributed by atoms with Crippen LogP contribution in [0.3, 0.4) is 0 Å². The summed E-state index contributed by atoms with van der Waals surface area (Å²) in [7, 11) is 0. The van der Waals surface area contributed by atoms with E-state index in [-0.39, 0.29) is 11.5 Å². The predicted molar refractivity (Wildman–Crippen MR) is 71.7 cm³/mol. The molecule has 0 saturated carbocycles. The Hall–Kier alpha value is -1.26. The third-order valence-electron chi connectivity index (χ3n) is 2.65. The third-order valence-corrected chi connectivity index (χ3v) is 3.58. The van der Waals surface area contributed by atoms with Gasteiger partial charge in [0, 0.05) is 11.6 Å². The lowest BCUT2D eigenvalue weighted by Gasteiger charge is -2.24. The molecule has 2 aromatic heterocycles. The van der Waals surface area contributed by atoms with Crippen LogP contribution in [0.1, 0.15) is 31.8 Å². The van der Waals surface area contributed by atoms with Crippen LogP contribution in [0.4, 0.5) is 0 Å². The molecule has 0 spiro atoms. The van der Waals surface area contributed by atoms with Crippen molar-refractivity contribution in [2.24, 2.45) is 11.1 Å². The number of thiazole rings is 1. The first kappa shape index (κ1) is 12.2. The molecule has 0 fully saturated rings. The van der Waals surface area contributed by atoms with Crippen LogP contribution in [0.25, 0.3) is 11.4 Å². The van der Waals surface area contributed by atoms with Crippen molar-refractivity contribution in [2.75, 3.05) is 0 Å². The summed E-state index contributed by atoms with van der Waals surface area (Å²) in [5.41, 5.74) is 8.02. The van der Waals surface area contributed by atoms with Gasteiger partial charge in [-0.25, -0.2) is 4.98 Å². The van der Waals surface area contributed by atoms with Gasteiger partial charge in [-0.05, 0) is 17.5 Å². The lowest BCUT2D eigenvalue weighted by Crippen LogP contribution is -2.26. The molecule has 90 valence electrons. The topological polar surface area (TPSA) is 51.8 Å². The summed E-state index contributed by atoms with van der Waals surface area (Å²) in [5.74, 6) is 0. The average Bonchev–Trinajstić information content (AvgIpc) is 2.77. The van der Waals surface area contributed by atoms with Crippen molar-refractivity contribution in [1.29, 1.82) is 0 Å². The number of nitrogens with two attached hydrogens (primary N) is 1. The standard InChI is InChI=1S/C13H17N3S/c1-13(2,3)11(14)12-16-10(8-17-12)9-6-4-5-7-15-9/h4-8,11H,14H2,1-3H3. The van der Waals surface area contributed by atoms with Gasteiger partial charge >= 0.3 is 0 Å². The molecule has 1 unspecified atom stereocenters. The van der Waals surface area contributed by atoms with Gasteiger partial charge in [0.25, 0.3) is 0 Å². The summed E-state index contributed by atoms with van der Waals surface area (Å²) in [4.78, 5) is 8.87. The minimum atomic E-state index is -0.0371. The first-order valence-electron chi connectivity index (χ1n) is 5.61. The highest BCUT2D eigenvalue weighted by atomic mass is 32.1. The highest BCUT2D eigenvalue weighted by Crippen LogP contribution is 2.33. The Balaban J connectivity index is 2.28. The highest BCUT2D eigenvalue weighted by molar-refractivity contribution is 7.10. The van der Waals surface area contributed by atoms with Gasteiger partial charge in [0.2, 0.25) is 0 Å². The van der Waals surface area contributed by atoms with Crippen LogP contribution in [0.5, 0.6) is 0 Å². The van der Waals surface area contributed by atoms with E-state index in [9.17, 15) is 0 Å². The second kappa shape index (κ2) is 4.55. The van der Waals surface area contributed by atoms with E-state index >= 15 is 0 Å². The summed E-state index contributed by atoms with van der Waals surface area (Å²) >= 11 is 1.60. The van der Waals surface area contributed by atoms with Crippen LogP contribution in [0.2, 0.25) is 0 Å². The first-order chi connectivity index (χ1) is 7.98. The monoisotopic (exact) mass is 247 g/mol. The Bertz CT molecular complexity index is 485. The van der Waals surface area contributed by atoms with Crippen LogP contribution < -0.4 is 5.73 Å². The fourth-order valence-corrected chi connectivity index (χ4v) is 2.49. The summed E-state index contributed by atoms with van der Waals surface area (Å²) in [6.45, 7) is 6.37. The highest BCUT2D eigenvalue weighted by Gasteiger charge is 2.25. The van der Waals surface area contributed by atoms with E-state index in [0.29, 0.717) is 0 Å². The van der Waals surface area contributed by atoms with Crippen LogP contribution in [-0.2, 0) is 0 Å². The van der Waals surface area contributed by atoms with Crippen molar-refractivity contribution >= 4 is 11.3 Å². The van der Waals surface area contributed by atoms with Crippen LogP contribution >= 0.6 is 11.3 Å². The zero-order chi connectivity index (χ0) is 12.5. The molecule has 2 N–H and O–H groups in total. The number of hydrogen-bond acceptors (Lipinski definition) is 4. The Kier molecular flexibility index (Phi) is 3.26. The van der Waals surface area contributed by atoms with Gasteiger partial charge in [0.05, 0.1) is 17.4 Å². The van der Waals surface area contributed by atoms with Gasteiger partial charge < -0.3 is 5.73 Å². The molecule has 0 aliphatic carbocycles. The molecular weight excluding hydrogens is 230 g/mol. The quantitative estimate of drug-likeness (QED) is 0.886. The van der Waals surface area contributed by atoms with E-state index in [0.717, 1.165) is 16.4 Å². The first-order valence-corrected chi connectivity index (χ1v) is 6.49. The molecule has 3 nitrogen and oxygen atoms in total. The van der Waals surface area contributed by atoms with Gasteiger partial charge in [0.1, 0.15) is 5.01 Å². The van der Waals surface area contributed by atoms with Crippen molar-refractivity contribution in [3.8, 4) is 11.4 Å². The maximum Gasteiger partial charge on any atom is 0.111 e. The Morgan fingerprint density at radius 1 is 1.24 bits per heavy atom. The minimum absolute atomic E-state index is 0.0270. The lowest BCUT2D eigenvalue weighted by molar-refractivity contribution is 0.326. The SMILES string of the molecule is CC(C)(C)C(N)c1nc(-c2ccccn2)cs1. The average molecular weight is 247 g/mol. The van der Waals surface area contributed by atoms with E-state index in [2.05, 4.69) is 30.7 Å². The summed E-state index contributed by atoms with van der Waals surface area (Å²) < 4.78 is 0. The molecule has 2 rings (SSSR count). The van der Waals surface area contributed by atoms with Crippen molar-refractivity contribution in [3.05, 3.63) is 34.8 Å². The number of hydrogen-bond donors (Lipinski definition) is 1. The number of pyridine rings is 1. The van der Waals surface area contributed by atoms with Crippen LogP contribution in [-0.4, -0.2) is 9.97 Å². The zero-order valence-electron chi connectivity index (χ0n) is 10.3. The molecule has 0 aliphatic heterocycles. The van der Waals surface area contributed by atoms with Crippen molar-refractivity contribution in [3.63, 3.8) is 0 Å². The van der Waals surface area contributed by atoms with Crippen molar-refractivity contribution < 1.29 is 0 Å². The third kappa shape index (κ3) is 2.70. The fraction of sp³-hybridized carbons (Fsp3) is 0.385. The second-order valence-electron chi connectivity index (χ2n) is 5.13. The maximum absolute atomic E-state index is 6.19. The fourth-order valence-electron chi connectivity index (χ4n) is 1.43. The second-order valence-corrected chi connectivity index (χ2v) is 6.02. The normalized spacial score (nSPS) is 13.6. The molecule has 0 bridgehead atoms. The number of rotatable bonds is 2. The van der Waals surface area contributed by atoms with Gasteiger partial charge in [-0.3, -0.25) is 4.98 Å². The number of nitrogens with zero attached hydrogens (tertiary/aromatic N) is 2. The molecule has 0 saturated heterocycles. The van der Waals surface area contributed by atoms with Crippen molar-refractivity contribution in [2.45, 2.75) is 26.8 Å². The summed E-state index contributed by atoms with van der Waals surface area (Å²) in [6, 6.07) is 5.79. The van der Waals surface area contributed by atoms with Crippen LogP contribution in [0.15, 0.2) is 29.8 Å². The molecule has 2 heterocycles. The maximum atomic E-state index is 6.19. The van der Waals surface area contributed by atoms with Crippen molar-refractivity contribution in [1.82, 2.24) is 9.97 Å². The molecule has 17 heavy (non-hydrogen) atoms. The van der Waals surface area contributed by atoms with Gasteiger partial charge in [-0.1, -0.05) is 26.8 Å². The molecule has 0 aliphatic rings. The van der Waals surface area contributed by atoms with Gasteiger partial charge in [-0.2, -0.15) is 0 Å². The molecule has 1 atom stereocenters. The molecular formula is C13H17N3S. The predicted octanol–water partition coefficient (Wildman–Crippen LogP) is 3.25. The Morgan fingerprint density at radius 3 is 2.59 bits per heavy atom. The molecule has 0 aromatic carbocycles. The Labute approximate surface area is 106 Å². The number of aromatic nitrogens is 2. The largest absolute Gasteiger partial charge is 0.322 e. The zero-order valence-corrected chi connectivity index (χ0v) is 11.2. The summed E-state index contributed by atoms with van der Waals surface area (Å²) in [6.07, 6.45) is 1.78. The molecule has 2 aromatic rings. The summed E-state index contributed by atoms with van der Waals surface area (Å²) in [5, 5.41) is 2.99. The lowest BCUT2D eigenvalue weighted by atomic mass is 9.88. The van der Waals surface area contributed by atoms with E-state index in [4.69, 9.17) is 5.73 Å². The molecule has 0 radical (unpaired) electrons. The molecule has 0 amide bonds. The van der Waals surface area contributed by atoms with E-state index in [1.165, 1.54) is 0 Å². The van der Waals surface area contributed by atoms with Gasteiger partial charge in [0.15, 0.2) is 0 Å². The Morgan fingerprint density at radius 2 is 2.00 bits per heavy atom. The molecule has 4 heteroatoms. The van der Waals surface area contributed by atoms with E-state index < -0.39 is 0 Å². The van der Waals surface area contributed by atoms with E-state index in [1.807, 2.05) is 23.6 Å². The van der Waals surface area contributed by atoms with E-state index in [1.54, 1.807) is 17.5 Å². The smallest absolute Gasteiger partial charge is 0.111 e.